The predicted octanol–water partition coefficient (Wildman–Crippen LogP) is 2.19. The highest BCUT2D eigenvalue weighted by Crippen LogP contribution is 2.28. The molecule has 1 aromatic heterocycles. The molecule has 0 saturated heterocycles. The molecule has 0 aliphatic rings. The monoisotopic (exact) mass is 204 g/mol. The van der Waals surface area contributed by atoms with Crippen molar-refractivity contribution in [2.45, 2.75) is 13.3 Å². The Morgan fingerprint density at radius 2 is 2.00 bits per heavy atom. The molecule has 4 heteroatoms. The molecule has 0 unspecified atom stereocenters. The summed E-state index contributed by atoms with van der Waals surface area (Å²) >= 11 is 0. The van der Waals surface area contributed by atoms with Crippen molar-refractivity contribution < 1.29 is 9.63 Å². The molecule has 15 heavy (non-hydrogen) atoms. The number of nitrogens with zero attached hydrogens (tertiary/aromatic N) is 1. The van der Waals surface area contributed by atoms with Gasteiger partial charge in [0.2, 0.25) is 5.88 Å². The van der Waals surface area contributed by atoms with Gasteiger partial charge in [-0.05, 0) is 30.7 Å². The van der Waals surface area contributed by atoms with Crippen LogP contribution in [0.15, 0.2) is 28.8 Å². The van der Waals surface area contributed by atoms with Gasteiger partial charge in [-0.2, -0.15) is 0 Å². The van der Waals surface area contributed by atoms with Crippen LogP contribution in [0.25, 0.3) is 11.3 Å². The van der Waals surface area contributed by atoms with Gasteiger partial charge in [-0.15, -0.1) is 0 Å². The van der Waals surface area contributed by atoms with Crippen LogP contribution in [0.5, 0.6) is 5.75 Å². The molecule has 3 N–H and O–H groups in total. The summed E-state index contributed by atoms with van der Waals surface area (Å²) in [4.78, 5) is 0. The van der Waals surface area contributed by atoms with Crippen LogP contribution in [0.1, 0.15) is 12.5 Å². The Hall–Kier alpha value is -1.97. The maximum Gasteiger partial charge on any atom is 0.225 e. The van der Waals surface area contributed by atoms with E-state index in [1.54, 1.807) is 24.3 Å². The summed E-state index contributed by atoms with van der Waals surface area (Å²) in [6.45, 7) is 1.99. The number of benzene rings is 1. The van der Waals surface area contributed by atoms with E-state index in [0.717, 1.165) is 23.2 Å². The average Bonchev–Trinajstić information content (AvgIpc) is 2.61. The van der Waals surface area contributed by atoms with Crippen LogP contribution in [0.2, 0.25) is 0 Å². The van der Waals surface area contributed by atoms with E-state index in [1.165, 1.54) is 0 Å². The molecule has 2 rings (SSSR count). The zero-order chi connectivity index (χ0) is 10.8. The van der Waals surface area contributed by atoms with Crippen LogP contribution < -0.4 is 5.73 Å². The number of phenolic OH excluding ortho intramolecular Hbond substituents is 1. The fourth-order valence-electron chi connectivity index (χ4n) is 1.51. The molecule has 0 aliphatic heterocycles. The van der Waals surface area contributed by atoms with Crippen molar-refractivity contribution in [3.63, 3.8) is 0 Å². The normalized spacial score (nSPS) is 10.5. The molecule has 2 aromatic rings. The number of hydrogen-bond acceptors (Lipinski definition) is 4. The lowest BCUT2D eigenvalue weighted by atomic mass is 10.1. The highest BCUT2D eigenvalue weighted by Gasteiger charge is 2.13. The molecule has 0 aliphatic carbocycles. The minimum Gasteiger partial charge on any atom is -0.508 e. The highest BCUT2D eigenvalue weighted by atomic mass is 16.5. The first-order valence-corrected chi connectivity index (χ1v) is 4.75. The van der Waals surface area contributed by atoms with Gasteiger partial charge in [-0.3, -0.25) is 0 Å². The van der Waals surface area contributed by atoms with Gasteiger partial charge in [0.05, 0.1) is 0 Å². The lowest BCUT2D eigenvalue weighted by molar-refractivity contribution is 0.438. The van der Waals surface area contributed by atoms with Crippen LogP contribution in [0.4, 0.5) is 5.88 Å². The zero-order valence-electron chi connectivity index (χ0n) is 8.40. The van der Waals surface area contributed by atoms with E-state index in [0.29, 0.717) is 5.88 Å². The van der Waals surface area contributed by atoms with E-state index < -0.39 is 0 Å². The van der Waals surface area contributed by atoms with E-state index in [4.69, 9.17) is 15.4 Å². The van der Waals surface area contributed by atoms with E-state index >= 15 is 0 Å². The van der Waals surface area contributed by atoms with E-state index in [-0.39, 0.29) is 5.75 Å². The van der Waals surface area contributed by atoms with Crippen molar-refractivity contribution in [2.75, 3.05) is 5.73 Å². The number of aromatic nitrogens is 1. The second-order valence-electron chi connectivity index (χ2n) is 3.27. The number of rotatable bonds is 2. The second-order valence-corrected chi connectivity index (χ2v) is 3.27. The number of anilines is 1. The highest BCUT2D eigenvalue weighted by molar-refractivity contribution is 5.67. The first-order valence-electron chi connectivity index (χ1n) is 4.75. The number of phenols is 1. The molecule has 4 nitrogen and oxygen atoms in total. The fourth-order valence-corrected chi connectivity index (χ4v) is 1.51. The average molecular weight is 204 g/mol. The third-order valence-electron chi connectivity index (χ3n) is 2.31. The van der Waals surface area contributed by atoms with Crippen molar-refractivity contribution in [1.82, 2.24) is 5.16 Å². The summed E-state index contributed by atoms with van der Waals surface area (Å²) in [6.07, 6.45) is 0.769. The summed E-state index contributed by atoms with van der Waals surface area (Å²) in [5.41, 5.74) is 8.18. The van der Waals surface area contributed by atoms with Gasteiger partial charge in [-0.25, -0.2) is 0 Å². The molecule has 1 aromatic carbocycles. The molecule has 0 fully saturated rings. The minimum absolute atomic E-state index is 0.230. The van der Waals surface area contributed by atoms with Gasteiger partial charge in [0.1, 0.15) is 11.4 Å². The van der Waals surface area contributed by atoms with Gasteiger partial charge in [-0.1, -0.05) is 12.1 Å². The van der Waals surface area contributed by atoms with E-state index in [9.17, 15) is 0 Å². The molecule has 0 amide bonds. The van der Waals surface area contributed by atoms with Crippen LogP contribution in [0.3, 0.4) is 0 Å². The molecular weight excluding hydrogens is 192 g/mol. The summed E-state index contributed by atoms with van der Waals surface area (Å²) in [5.74, 6) is 0.592. The Bertz CT molecular complexity index is 460. The van der Waals surface area contributed by atoms with Crippen LogP contribution in [-0.2, 0) is 6.42 Å². The largest absolute Gasteiger partial charge is 0.508 e. The Morgan fingerprint density at radius 1 is 1.33 bits per heavy atom. The lowest BCUT2D eigenvalue weighted by Gasteiger charge is -1.99. The molecule has 0 saturated carbocycles. The number of nitrogen functional groups attached to an aromatic ring is 1. The Balaban J connectivity index is 2.49. The maximum atomic E-state index is 9.17. The van der Waals surface area contributed by atoms with E-state index in [2.05, 4.69) is 5.16 Å². The Kier molecular flexibility index (Phi) is 2.33. The second kappa shape index (κ2) is 3.65. The maximum absolute atomic E-state index is 9.17. The van der Waals surface area contributed by atoms with Crippen LogP contribution in [-0.4, -0.2) is 10.3 Å². The van der Waals surface area contributed by atoms with Crippen molar-refractivity contribution in [1.29, 1.82) is 0 Å². The SMILES string of the molecule is CCc1c(-c2ccc(O)cc2)noc1N. The standard InChI is InChI=1S/C11H12N2O2/c1-2-9-10(13-15-11(9)12)7-3-5-8(14)6-4-7/h3-6,14H,2,12H2,1H3. The van der Waals surface area contributed by atoms with Gasteiger partial charge in [0, 0.05) is 11.1 Å². The molecular formula is C11H12N2O2. The number of aromatic hydroxyl groups is 1. The van der Waals surface area contributed by atoms with Gasteiger partial charge in [0.15, 0.2) is 0 Å². The Labute approximate surface area is 87.3 Å². The molecule has 0 radical (unpaired) electrons. The molecule has 0 spiro atoms. The third kappa shape index (κ3) is 1.66. The molecule has 78 valence electrons. The van der Waals surface area contributed by atoms with Crippen LogP contribution in [0, 0.1) is 0 Å². The smallest absolute Gasteiger partial charge is 0.225 e. The third-order valence-corrected chi connectivity index (χ3v) is 2.31. The zero-order valence-corrected chi connectivity index (χ0v) is 8.40. The molecule has 1 heterocycles. The van der Waals surface area contributed by atoms with Crippen molar-refractivity contribution in [3.8, 4) is 17.0 Å². The fraction of sp³-hybridized carbons (Fsp3) is 0.182. The lowest BCUT2D eigenvalue weighted by Crippen LogP contribution is -1.89. The van der Waals surface area contributed by atoms with Crippen molar-refractivity contribution in [2.24, 2.45) is 0 Å². The predicted molar refractivity (Wildman–Crippen MR) is 57.4 cm³/mol. The van der Waals surface area contributed by atoms with Crippen molar-refractivity contribution >= 4 is 5.88 Å². The first kappa shape index (κ1) is 9.58. The van der Waals surface area contributed by atoms with Crippen LogP contribution >= 0.6 is 0 Å². The topological polar surface area (TPSA) is 72.3 Å². The quantitative estimate of drug-likeness (QED) is 0.786. The summed E-state index contributed by atoms with van der Waals surface area (Å²) in [7, 11) is 0. The minimum atomic E-state index is 0.230. The van der Waals surface area contributed by atoms with Gasteiger partial charge >= 0.3 is 0 Å². The summed E-state index contributed by atoms with van der Waals surface area (Å²) < 4.78 is 4.94. The van der Waals surface area contributed by atoms with Gasteiger partial charge in [0.25, 0.3) is 0 Å². The summed E-state index contributed by atoms with van der Waals surface area (Å²) in [5, 5.41) is 13.1. The summed E-state index contributed by atoms with van der Waals surface area (Å²) in [6, 6.07) is 6.79. The first-order chi connectivity index (χ1) is 7.22. The Morgan fingerprint density at radius 3 is 2.60 bits per heavy atom. The number of nitrogens with two attached hydrogens (primary N) is 1. The van der Waals surface area contributed by atoms with Crippen molar-refractivity contribution in [3.05, 3.63) is 29.8 Å². The number of hydrogen-bond donors (Lipinski definition) is 2. The molecule has 0 atom stereocenters. The molecule has 0 bridgehead atoms. The van der Waals surface area contributed by atoms with Gasteiger partial charge < -0.3 is 15.4 Å². The van der Waals surface area contributed by atoms with E-state index in [1.807, 2.05) is 6.92 Å².